The molecule has 0 fully saturated rings. The predicted molar refractivity (Wildman–Crippen MR) is 77.3 cm³/mol. The minimum absolute atomic E-state index is 0.186. The summed E-state index contributed by atoms with van der Waals surface area (Å²) < 4.78 is 27.2. The van der Waals surface area contributed by atoms with E-state index in [0.717, 1.165) is 11.1 Å². The summed E-state index contributed by atoms with van der Waals surface area (Å²) in [5, 5.41) is 0. The average molecular weight is 291 g/mol. The SMILES string of the molecule is Cc1cnccc1CNS(=O)(=O)c1ccccc1CN. The molecule has 0 aliphatic carbocycles. The first-order chi connectivity index (χ1) is 9.54. The van der Waals surface area contributed by atoms with Gasteiger partial charge >= 0.3 is 0 Å². The molecule has 2 rings (SSSR count). The van der Waals surface area contributed by atoms with Crippen LogP contribution in [0.15, 0.2) is 47.6 Å². The Kier molecular flexibility index (Phi) is 4.49. The van der Waals surface area contributed by atoms with Crippen LogP contribution < -0.4 is 10.5 Å². The van der Waals surface area contributed by atoms with E-state index in [2.05, 4.69) is 9.71 Å². The Hall–Kier alpha value is -1.76. The summed E-state index contributed by atoms with van der Waals surface area (Å²) in [5.41, 5.74) is 8.03. The molecule has 0 radical (unpaired) electrons. The summed E-state index contributed by atoms with van der Waals surface area (Å²) in [6.45, 7) is 2.31. The van der Waals surface area contributed by atoms with Crippen molar-refractivity contribution in [3.8, 4) is 0 Å². The van der Waals surface area contributed by atoms with Gasteiger partial charge < -0.3 is 5.73 Å². The maximum absolute atomic E-state index is 12.3. The third-order valence-corrected chi connectivity index (χ3v) is 4.57. The highest BCUT2D eigenvalue weighted by Gasteiger charge is 2.17. The highest BCUT2D eigenvalue weighted by Crippen LogP contribution is 2.15. The molecule has 1 heterocycles. The smallest absolute Gasteiger partial charge is 0.241 e. The second-order valence-electron chi connectivity index (χ2n) is 4.44. The largest absolute Gasteiger partial charge is 0.326 e. The fourth-order valence-electron chi connectivity index (χ4n) is 1.89. The first kappa shape index (κ1) is 14.6. The molecule has 6 heteroatoms. The first-order valence-electron chi connectivity index (χ1n) is 6.21. The lowest BCUT2D eigenvalue weighted by molar-refractivity contribution is 0.580. The number of hydrogen-bond donors (Lipinski definition) is 2. The highest BCUT2D eigenvalue weighted by atomic mass is 32.2. The van der Waals surface area contributed by atoms with Crippen molar-refractivity contribution in [3.05, 3.63) is 59.4 Å². The van der Waals surface area contributed by atoms with Gasteiger partial charge in [0, 0.05) is 25.5 Å². The first-order valence-corrected chi connectivity index (χ1v) is 7.70. The maximum atomic E-state index is 12.3. The number of benzene rings is 1. The van der Waals surface area contributed by atoms with E-state index in [4.69, 9.17) is 5.73 Å². The Balaban J connectivity index is 2.22. The number of sulfonamides is 1. The van der Waals surface area contributed by atoms with Gasteiger partial charge in [0.2, 0.25) is 10.0 Å². The van der Waals surface area contributed by atoms with E-state index in [0.29, 0.717) is 5.56 Å². The van der Waals surface area contributed by atoms with Gasteiger partial charge in [-0.15, -0.1) is 0 Å². The predicted octanol–water partition coefficient (Wildman–Crippen LogP) is 1.33. The van der Waals surface area contributed by atoms with Crippen LogP contribution in [0.4, 0.5) is 0 Å². The van der Waals surface area contributed by atoms with Crippen LogP contribution in [0.25, 0.3) is 0 Å². The molecule has 0 unspecified atom stereocenters. The standard InChI is InChI=1S/C14H17N3O2S/c1-11-9-16-7-6-13(11)10-17-20(18,19)14-5-3-2-4-12(14)8-15/h2-7,9,17H,8,10,15H2,1H3. The van der Waals surface area contributed by atoms with E-state index in [-0.39, 0.29) is 18.0 Å². The molecule has 0 aliphatic rings. The molecule has 0 saturated carbocycles. The van der Waals surface area contributed by atoms with Gasteiger partial charge in [0.25, 0.3) is 0 Å². The zero-order valence-corrected chi connectivity index (χ0v) is 12.0. The van der Waals surface area contributed by atoms with E-state index < -0.39 is 10.0 Å². The average Bonchev–Trinajstić information content (AvgIpc) is 2.46. The molecule has 0 amide bonds. The molecule has 0 saturated heterocycles. The number of pyridine rings is 1. The van der Waals surface area contributed by atoms with Crippen LogP contribution in [0.2, 0.25) is 0 Å². The lowest BCUT2D eigenvalue weighted by Crippen LogP contribution is -2.25. The molecular formula is C14H17N3O2S. The monoisotopic (exact) mass is 291 g/mol. The highest BCUT2D eigenvalue weighted by molar-refractivity contribution is 7.89. The van der Waals surface area contributed by atoms with Crippen LogP contribution in [0.5, 0.6) is 0 Å². The van der Waals surface area contributed by atoms with Crippen molar-refractivity contribution in [1.82, 2.24) is 9.71 Å². The van der Waals surface area contributed by atoms with Gasteiger partial charge in [0.05, 0.1) is 4.90 Å². The topological polar surface area (TPSA) is 85.1 Å². The molecule has 1 aromatic carbocycles. The Morgan fingerprint density at radius 3 is 2.65 bits per heavy atom. The van der Waals surface area contributed by atoms with Crippen LogP contribution in [-0.2, 0) is 23.1 Å². The van der Waals surface area contributed by atoms with E-state index in [9.17, 15) is 8.42 Å². The zero-order valence-electron chi connectivity index (χ0n) is 11.2. The second-order valence-corrected chi connectivity index (χ2v) is 6.17. The van der Waals surface area contributed by atoms with E-state index in [1.54, 1.807) is 42.7 Å². The van der Waals surface area contributed by atoms with Crippen LogP contribution in [0, 0.1) is 6.92 Å². The Morgan fingerprint density at radius 1 is 1.20 bits per heavy atom. The number of aryl methyl sites for hydroxylation is 1. The zero-order chi connectivity index (χ0) is 14.6. The minimum atomic E-state index is -3.57. The maximum Gasteiger partial charge on any atom is 0.241 e. The molecule has 0 aliphatic heterocycles. The van der Waals surface area contributed by atoms with Crippen molar-refractivity contribution in [2.24, 2.45) is 5.73 Å². The summed E-state index contributed by atoms with van der Waals surface area (Å²) in [4.78, 5) is 4.21. The number of hydrogen-bond acceptors (Lipinski definition) is 4. The lowest BCUT2D eigenvalue weighted by Gasteiger charge is -2.11. The second kappa shape index (κ2) is 6.13. The quantitative estimate of drug-likeness (QED) is 0.870. The van der Waals surface area contributed by atoms with Crippen LogP contribution in [0.1, 0.15) is 16.7 Å². The summed E-state index contributed by atoms with van der Waals surface area (Å²) in [7, 11) is -3.57. The molecule has 5 nitrogen and oxygen atoms in total. The molecule has 2 aromatic rings. The van der Waals surface area contributed by atoms with E-state index in [1.165, 1.54) is 0 Å². The van der Waals surface area contributed by atoms with Gasteiger partial charge in [-0.25, -0.2) is 13.1 Å². The molecule has 0 spiro atoms. The third-order valence-electron chi connectivity index (χ3n) is 3.07. The van der Waals surface area contributed by atoms with Crippen molar-refractivity contribution in [2.75, 3.05) is 0 Å². The lowest BCUT2D eigenvalue weighted by atomic mass is 10.2. The van der Waals surface area contributed by atoms with Crippen molar-refractivity contribution in [2.45, 2.75) is 24.9 Å². The number of nitrogens with two attached hydrogens (primary N) is 1. The van der Waals surface area contributed by atoms with Gasteiger partial charge in [0.1, 0.15) is 0 Å². The molecule has 3 N–H and O–H groups in total. The van der Waals surface area contributed by atoms with E-state index in [1.807, 2.05) is 6.92 Å². The van der Waals surface area contributed by atoms with Crippen molar-refractivity contribution < 1.29 is 8.42 Å². The van der Waals surface area contributed by atoms with Gasteiger partial charge in [0.15, 0.2) is 0 Å². The molecule has 0 bridgehead atoms. The molecular weight excluding hydrogens is 274 g/mol. The number of nitrogens with zero attached hydrogens (tertiary/aromatic N) is 1. The van der Waals surface area contributed by atoms with Gasteiger partial charge in [-0.3, -0.25) is 4.98 Å². The molecule has 20 heavy (non-hydrogen) atoms. The van der Waals surface area contributed by atoms with Crippen LogP contribution in [0.3, 0.4) is 0 Å². The van der Waals surface area contributed by atoms with Gasteiger partial charge in [-0.1, -0.05) is 18.2 Å². The van der Waals surface area contributed by atoms with Crippen molar-refractivity contribution in [3.63, 3.8) is 0 Å². The fraction of sp³-hybridized carbons (Fsp3) is 0.214. The summed E-state index contributed by atoms with van der Waals surface area (Å²) >= 11 is 0. The van der Waals surface area contributed by atoms with Crippen molar-refractivity contribution in [1.29, 1.82) is 0 Å². The summed E-state index contributed by atoms with van der Waals surface area (Å²) in [5.74, 6) is 0. The minimum Gasteiger partial charge on any atom is -0.326 e. The molecule has 106 valence electrons. The summed E-state index contributed by atoms with van der Waals surface area (Å²) in [6.07, 6.45) is 3.35. The van der Waals surface area contributed by atoms with Crippen LogP contribution in [-0.4, -0.2) is 13.4 Å². The normalized spacial score (nSPS) is 11.5. The fourth-order valence-corrected chi connectivity index (χ4v) is 3.14. The summed E-state index contributed by atoms with van der Waals surface area (Å²) in [6, 6.07) is 8.53. The Labute approximate surface area is 118 Å². The van der Waals surface area contributed by atoms with Gasteiger partial charge in [-0.05, 0) is 35.7 Å². The number of nitrogens with one attached hydrogen (secondary N) is 1. The third kappa shape index (κ3) is 3.22. The molecule has 0 atom stereocenters. The van der Waals surface area contributed by atoms with Crippen molar-refractivity contribution >= 4 is 10.0 Å². The Bertz CT molecular complexity index is 699. The Morgan fingerprint density at radius 2 is 1.95 bits per heavy atom. The molecule has 1 aromatic heterocycles. The van der Waals surface area contributed by atoms with E-state index >= 15 is 0 Å². The number of rotatable bonds is 5. The van der Waals surface area contributed by atoms with Gasteiger partial charge in [-0.2, -0.15) is 0 Å². The number of aromatic nitrogens is 1. The van der Waals surface area contributed by atoms with Crippen LogP contribution >= 0.6 is 0 Å².